The van der Waals surface area contributed by atoms with Crippen molar-refractivity contribution in [1.82, 2.24) is 19.9 Å². The molecule has 4 heterocycles. The van der Waals surface area contributed by atoms with E-state index in [0.717, 1.165) is 42.5 Å². The summed E-state index contributed by atoms with van der Waals surface area (Å²) in [5.41, 5.74) is 1.96. The van der Waals surface area contributed by atoms with E-state index in [1.165, 1.54) is 6.42 Å². The Morgan fingerprint density at radius 1 is 1.18 bits per heavy atom. The maximum Gasteiger partial charge on any atom is 0.257 e. The van der Waals surface area contributed by atoms with E-state index in [1.54, 1.807) is 0 Å². The number of hydrogen-bond acceptors (Lipinski definition) is 7. The molecule has 0 aromatic carbocycles. The zero-order chi connectivity index (χ0) is 19.5. The highest BCUT2D eigenvalue weighted by atomic mass is 16.6. The molecule has 0 N–H and O–H groups in total. The maximum atomic E-state index is 5.99. The van der Waals surface area contributed by atoms with Crippen LogP contribution in [0.15, 0.2) is 18.2 Å². The van der Waals surface area contributed by atoms with Crippen molar-refractivity contribution in [3.05, 3.63) is 35.4 Å². The van der Waals surface area contributed by atoms with Crippen LogP contribution in [-0.2, 0) is 0 Å². The number of nitrogens with zero attached hydrogens (tertiary/aromatic N) is 4. The molecule has 0 saturated carbocycles. The van der Waals surface area contributed by atoms with E-state index in [4.69, 9.17) is 14.2 Å². The highest BCUT2D eigenvalue weighted by molar-refractivity contribution is 5.36. The van der Waals surface area contributed by atoms with Crippen molar-refractivity contribution in [2.75, 3.05) is 32.9 Å². The van der Waals surface area contributed by atoms with E-state index in [2.05, 4.69) is 26.8 Å². The van der Waals surface area contributed by atoms with Gasteiger partial charge >= 0.3 is 0 Å². The number of rotatable bonds is 5. The average molecular weight is 384 g/mol. The Hall–Kier alpha value is -2.41. The topological polar surface area (TPSA) is 69.6 Å². The van der Waals surface area contributed by atoms with E-state index in [1.807, 2.05) is 32.0 Å². The Morgan fingerprint density at radius 3 is 2.89 bits per heavy atom. The van der Waals surface area contributed by atoms with Gasteiger partial charge in [0.1, 0.15) is 19.0 Å². The number of piperidine rings is 1. The molecule has 1 saturated heterocycles. The first kappa shape index (κ1) is 18.9. The summed E-state index contributed by atoms with van der Waals surface area (Å²) in [6.45, 7) is 9.94. The SMILES string of the molecule is Cc1cc(OC[C@H]2CCCN([C@@H](C)c3ccc4c(n3)OCCO4)C2)nc(C)n1. The van der Waals surface area contributed by atoms with E-state index in [0.29, 0.717) is 37.5 Å². The zero-order valence-electron chi connectivity index (χ0n) is 16.9. The maximum absolute atomic E-state index is 5.99. The lowest BCUT2D eigenvalue weighted by Crippen LogP contribution is -2.39. The molecule has 0 radical (unpaired) electrons. The number of hydrogen-bond donors (Lipinski definition) is 0. The Balaban J connectivity index is 1.37. The van der Waals surface area contributed by atoms with Crippen molar-refractivity contribution < 1.29 is 14.2 Å². The van der Waals surface area contributed by atoms with E-state index >= 15 is 0 Å². The molecular formula is C21H28N4O3. The standard InChI is InChI=1S/C21H28N4O3/c1-14-11-20(23-16(3)22-14)28-13-17-5-4-8-25(12-17)15(2)18-6-7-19-21(24-18)27-10-9-26-19/h6-7,11,15,17H,4-5,8-10,12-13H2,1-3H3/t15-,17-/m0/s1. The van der Waals surface area contributed by atoms with E-state index in [-0.39, 0.29) is 6.04 Å². The van der Waals surface area contributed by atoms with Gasteiger partial charge in [-0.2, -0.15) is 4.98 Å². The third kappa shape index (κ3) is 4.35. The fraction of sp³-hybridized carbons (Fsp3) is 0.571. The van der Waals surface area contributed by atoms with Gasteiger partial charge in [0.2, 0.25) is 5.88 Å². The van der Waals surface area contributed by atoms with Gasteiger partial charge in [-0.25, -0.2) is 9.97 Å². The number of aryl methyl sites for hydroxylation is 2. The molecule has 0 amide bonds. The summed E-state index contributed by atoms with van der Waals surface area (Å²) >= 11 is 0. The smallest absolute Gasteiger partial charge is 0.257 e. The summed E-state index contributed by atoms with van der Waals surface area (Å²) in [6, 6.07) is 6.14. The third-order valence-electron chi connectivity index (χ3n) is 5.36. The largest absolute Gasteiger partial charge is 0.484 e. The fourth-order valence-corrected chi connectivity index (χ4v) is 3.91. The summed E-state index contributed by atoms with van der Waals surface area (Å²) in [6.07, 6.45) is 2.32. The van der Waals surface area contributed by atoms with Gasteiger partial charge in [0.05, 0.1) is 12.3 Å². The van der Waals surface area contributed by atoms with Crippen molar-refractivity contribution in [2.45, 2.75) is 39.7 Å². The quantitative estimate of drug-likeness (QED) is 0.784. The van der Waals surface area contributed by atoms with Crippen LogP contribution in [-0.4, -0.2) is 52.8 Å². The van der Waals surface area contributed by atoms with Gasteiger partial charge in [-0.3, -0.25) is 4.90 Å². The molecule has 7 nitrogen and oxygen atoms in total. The minimum Gasteiger partial charge on any atom is -0.484 e. The van der Waals surface area contributed by atoms with Crippen LogP contribution >= 0.6 is 0 Å². The molecule has 4 rings (SSSR count). The van der Waals surface area contributed by atoms with Crippen LogP contribution in [0.2, 0.25) is 0 Å². The van der Waals surface area contributed by atoms with E-state index < -0.39 is 0 Å². The summed E-state index contributed by atoms with van der Waals surface area (Å²) in [5, 5.41) is 0. The molecule has 0 spiro atoms. The highest BCUT2D eigenvalue weighted by Gasteiger charge is 2.26. The molecule has 2 aromatic rings. The van der Waals surface area contributed by atoms with Crippen LogP contribution < -0.4 is 14.2 Å². The van der Waals surface area contributed by atoms with Crippen LogP contribution in [0.5, 0.6) is 17.5 Å². The first-order chi connectivity index (χ1) is 13.6. The number of aromatic nitrogens is 3. The Kier molecular flexibility index (Phi) is 5.62. The van der Waals surface area contributed by atoms with Crippen LogP contribution in [0.25, 0.3) is 0 Å². The van der Waals surface area contributed by atoms with Crippen molar-refractivity contribution in [3.63, 3.8) is 0 Å². The monoisotopic (exact) mass is 384 g/mol. The first-order valence-electron chi connectivity index (χ1n) is 10.0. The molecular weight excluding hydrogens is 356 g/mol. The molecule has 2 aromatic heterocycles. The molecule has 7 heteroatoms. The molecule has 1 fully saturated rings. The second kappa shape index (κ2) is 8.31. The summed E-state index contributed by atoms with van der Waals surface area (Å²) < 4.78 is 17.2. The normalized spacial score (nSPS) is 20.6. The molecule has 28 heavy (non-hydrogen) atoms. The van der Waals surface area contributed by atoms with Crippen LogP contribution in [0.1, 0.15) is 43.0 Å². The average Bonchev–Trinajstić information content (AvgIpc) is 2.71. The van der Waals surface area contributed by atoms with Gasteiger partial charge in [0.25, 0.3) is 5.88 Å². The summed E-state index contributed by atoms with van der Waals surface area (Å²) in [7, 11) is 0. The van der Waals surface area contributed by atoms with Gasteiger partial charge in [-0.1, -0.05) is 0 Å². The number of fused-ring (bicyclic) bond motifs is 1. The summed E-state index contributed by atoms with van der Waals surface area (Å²) in [4.78, 5) is 15.8. The third-order valence-corrected chi connectivity index (χ3v) is 5.36. The molecule has 150 valence electrons. The molecule has 0 aliphatic carbocycles. The number of ether oxygens (including phenoxy) is 3. The molecule has 2 atom stereocenters. The number of pyridine rings is 1. The number of likely N-dealkylation sites (tertiary alicyclic amines) is 1. The zero-order valence-corrected chi connectivity index (χ0v) is 16.9. The second-order valence-electron chi connectivity index (χ2n) is 7.62. The molecule has 2 aliphatic heterocycles. The van der Waals surface area contributed by atoms with Crippen molar-refractivity contribution >= 4 is 0 Å². The van der Waals surface area contributed by atoms with Crippen LogP contribution in [0.3, 0.4) is 0 Å². The van der Waals surface area contributed by atoms with Gasteiger partial charge in [0, 0.05) is 30.3 Å². The molecule has 0 unspecified atom stereocenters. The van der Waals surface area contributed by atoms with Crippen LogP contribution in [0, 0.1) is 19.8 Å². The molecule has 0 bridgehead atoms. The van der Waals surface area contributed by atoms with Crippen molar-refractivity contribution in [1.29, 1.82) is 0 Å². The highest BCUT2D eigenvalue weighted by Crippen LogP contribution is 2.32. The minimum atomic E-state index is 0.224. The molecule has 2 aliphatic rings. The lowest BCUT2D eigenvalue weighted by Gasteiger charge is -2.36. The Morgan fingerprint density at radius 2 is 2.04 bits per heavy atom. The van der Waals surface area contributed by atoms with Gasteiger partial charge in [-0.15, -0.1) is 0 Å². The van der Waals surface area contributed by atoms with Crippen LogP contribution in [0.4, 0.5) is 0 Å². The lowest BCUT2D eigenvalue weighted by molar-refractivity contribution is 0.0966. The summed E-state index contributed by atoms with van der Waals surface area (Å²) in [5.74, 6) is 3.25. The van der Waals surface area contributed by atoms with Crippen molar-refractivity contribution in [3.8, 4) is 17.5 Å². The van der Waals surface area contributed by atoms with Gasteiger partial charge in [-0.05, 0) is 52.3 Å². The van der Waals surface area contributed by atoms with E-state index in [9.17, 15) is 0 Å². The fourth-order valence-electron chi connectivity index (χ4n) is 3.91. The predicted molar refractivity (Wildman–Crippen MR) is 105 cm³/mol. The first-order valence-corrected chi connectivity index (χ1v) is 10.0. The van der Waals surface area contributed by atoms with Crippen molar-refractivity contribution in [2.24, 2.45) is 5.92 Å². The van der Waals surface area contributed by atoms with Gasteiger partial charge < -0.3 is 14.2 Å². The second-order valence-corrected chi connectivity index (χ2v) is 7.62. The minimum absolute atomic E-state index is 0.224. The Bertz CT molecular complexity index is 809. The van der Waals surface area contributed by atoms with Gasteiger partial charge in [0.15, 0.2) is 5.75 Å². The Labute approximate surface area is 166 Å². The lowest BCUT2D eigenvalue weighted by atomic mass is 9.97. The predicted octanol–water partition coefficient (Wildman–Crippen LogP) is 3.11.